The number of halogens is 16. The second-order valence-electron chi connectivity index (χ2n) is 6.17. The Labute approximate surface area is 163 Å². The summed E-state index contributed by atoms with van der Waals surface area (Å²) in [6, 6.07) is 0. The summed E-state index contributed by atoms with van der Waals surface area (Å²) in [4.78, 5) is 0. The third-order valence-corrected chi connectivity index (χ3v) is 7.17. The van der Waals surface area contributed by atoms with E-state index in [1.54, 1.807) is 0 Å². The number of hydrogen-bond donors (Lipinski definition) is 0. The summed E-state index contributed by atoms with van der Waals surface area (Å²) in [5.74, 6) is -50.9. The molecule has 0 rings (SSSR count). The maximum absolute atomic E-state index is 13.9. The lowest BCUT2D eigenvalue weighted by Gasteiger charge is -2.42. The van der Waals surface area contributed by atoms with Crippen molar-refractivity contribution >= 4 is 8.56 Å². The van der Waals surface area contributed by atoms with E-state index in [4.69, 9.17) is 0 Å². The molecule has 0 aromatic heterocycles. The largest absolute Gasteiger partial charge is 0.460 e. The molecular formula is C12H12F16O2Si. The molecule has 0 radical (unpaired) electrons. The Bertz CT molecular complexity index is 627. The molecule has 0 aliphatic heterocycles. The van der Waals surface area contributed by atoms with Gasteiger partial charge in [-0.15, -0.1) is 0 Å². The van der Waals surface area contributed by atoms with Gasteiger partial charge in [-0.1, -0.05) is 0 Å². The molecule has 1 unspecified atom stereocenters. The molecule has 0 spiro atoms. The van der Waals surface area contributed by atoms with Crippen molar-refractivity contribution in [3.63, 3.8) is 0 Å². The molecule has 1 atom stereocenters. The van der Waals surface area contributed by atoms with E-state index in [2.05, 4.69) is 8.85 Å². The first-order chi connectivity index (χ1) is 13.2. The van der Waals surface area contributed by atoms with Crippen LogP contribution in [0.2, 0.25) is 6.55 Å². The summed E-state index contributed by atoms with van der Waals surface area (Å²) in [6.07, 6.45) is -10.8. The Balaban J connectivity index is 6.44. The third kappa shape index (κ3) is 4.32. The zero-order valence-corrected chi connectivity index (χ0v) is 16.1. The van der Waals surface area contributed by atoms with E-state index in [1.807, 2.05) is 0 Å². The smallest absolute Gasteiger partial charge is 0.396 e. The Kier molecular flexibility index (Phi) is 7.85. The average molecular weight is 520 g/mol. The first-order valence-corrected chi connectivity index (χ1v) is 9.72. The van der Waals surface area contributed by atoms with Crippen molar-refractivity contribution in [2.45, 2.75) is 60.5 Å². The second kappa shape index (κ2) is 8.10. The Morgan fingerprint density at radius 1 is 0.581 bits per heavy atom. The monoisotopic (exact) mass is 520 g/mol. The highest BCUT2D eigenvalue weighted by molar-refractivity contribution is 6.67. The minimum absolute atomic E-state index is 0.566. The molecule has 0 amide bonds. The van der Waals surface area contributed by atoms with Gasteiger partial charge in [-0.2, -0.15) is 65.9 Å². The number of hydrogen-bond acceptors (Lipinski definition) is 2. The van der Waals surface area contributed by atoms with Gasteiger partial charge in [-0.05, 0) is 6.55 Å². The van der Waals surface area contributed by atoms with Crippen LogP contribution in [0.15, 0.2) is 0 Å². The molecule has 2 nitrogen and oxygen atoms in total. The quantitative estimate of drug-likeness (QED) is 0.260. The summed E-state index contributed by atoms with van der Waals surface area (Å²) in [7, 11) is -3.35. The fourth-order valence-corrected chi connectivity index (χ4v) is 3.18. The molecule has 0 aliphatic rings. The van der Waals surface area contributed by atoms with Crippen molar-refractivity contribution in [3.8, 4) is 0 Å². The van der Waals surface area contributed by atoms with E-state index in [0.29, 0.717) is 20.8 Å². The number of rotatable bonds is 10. The molecule has 188 valence electrons. The van der Waals surface area contributed by atoms with Gasteiger partial charge >= 0.3 is 50.3 Å². The lowest BCUT2D eigenvalue weighted by Crippen LogP contribution is -2.73. The van der Waals surface area contributed by atoms with Gasteiger partial charge in [-0.25, -0.2) is 4.39 Å². The predicted molar refractivity (Wildman–Crippen MR) is 70.9 cm³/mol. The van der Waals surface area contributed by atoms with Crippen molar-refractivity contribution in [2.24, 2.45) is 0 Å². The van der Waals surface area contributed by atoms with E-state index in [-0.39, 0.29) is 0 Å². The SMILES string of the molecule is CO[Si](C)(OC)C(F)CC(F)(F)C(F)(F)C(F)(F)C(F)(F)C(F)(F)C(F)(F)C(F)(F)F. The van der Waals surface area contributed by atoms with Gasteiger partial charge in [0.1, 0.15) is 5.79 Å². The lowest BCUT2D eigenvalue weighted by molar-refractivity contribution is -0.452. The highest BCUT2D eigenvalue weighted by Crippen LogP contribution is 2.62. The molecule has 19 heteroatoms. The summed E-state index contributed by atoms with van der Waals surface area (Å²) in [6.45, 7) is 0.566. The van der Waals surface area contributed by atoms with E-state index < -0.39 is 62.5 Å². The van der Waals surface area contributed by atoms with Crippen molar-refractivity contribution < 1.29 is 79.1 Å². The van der Waals surface area contributed by atoms with Crippen LogP contribution < -0.4 is 0 Å². The van der Waals surface area contributed by atoms with Crippen molar-refractivity contribution in [1.82, 2.24) is 0 Å². The van der Waals surface area contributed by atoms with E-state index in [1.165, 1.54) is 0 Å². The summed E-state index contributed by atoms with van der Waals surface area (Å²) in [5, 5.41) is 0. The molecule has 0 fully saturated rings. The standard InChI is InChI=1S/C12H12F16O2Si/c1-29-31(3,30-2)5(13)4-6(14,15)7(16,17)8(18,19)9(20,21)10(22,23)11(24,25)12(26,27)28/h5H,4H2,1-3H3. The summed E-state index contributed by atoms with van der Waals surface area (Å²) < 4.78 is 218. The first-order valence-electron chi connectivity index (χ1n) is 7.33. The molecular weight excluding hydrogens is 508 g/mol. The topological polar surface area (TPSA) is 18.5 Å². The van der Waals surface area contributed by atoms with Gasteiger partial charge in [0.15, 0.2) is 0 Å². The van der Waals surface area contributed by atoms with Crippen LogP contribution in [0.25, 0.3) is 0 Å². The first kappa shape index (κ1) is 30.0. The van der Waals surface area contributed by atoms with E-state index in [0.717, 1.165) is 0 Å². The highest BCUT2D eigenvalue weighted by atomic mass is 28.4. The third-order valence-electron chi connectivity index (χ3n) is 4.21. The minimum atomic E-state index is -8.40. The fourth-order valence-electron chi connectivity index (χ4n) is 1.88. The minimum Gasteiger partial charge on any atom is -0.396 e. The van der Waals surface area contributed by atoms with Gasteiger partial charge in [0, 0.05) is 14.2 Å². The Hall–Kier alpha value is -0.983. The lowest BCUT2D eigenvalue weighted by atomic mass is 9.90. The van der Waals surface area contributed by atoms with Crippen molar-refractivity contribution in [1.29, 1.82) is 0 Å². The maximum atomic E-state index is 13.9. The molecule has 0 aromatic carbocycles. The van der Waals surface area contributed by atoms with E-state index >= 15 is 0 Å². The zero-order valence-electron chi connectivity index (χ0n) is 15.1. The molecule has 0 heterocycles. The van der Waals surface area contributed by atoms with Crippen LogP contribution in [0.4, 0.5) is 70.2 Å². The van der Waals surface area contributed by atoms with Crippen molar-refractivity contribution in [2.75, 3.05) is 14.2 Å². The average Bonchev–Trinajstić information content (AvgIpc) is 2.58. The zero-order chi connectivity index (χ0) is 25.7. The Morgan fingerprint density at radius 2 is 0.871 bits per heavy atom. The van der Waals surface area contributed by atoms with Crippen LogP contribution in [0.1, 0.15) is 6.42 Å². The molecule has 0 bridgehead atoms. The highest BCUT2D eigenvalue weighted by Gasteiger charge is 2.93. The predicted octanol–water partition coefficient (Wildman–Crippen LogP) is 5.99. The van der Waals surface area contributed by atoms with Crippen LogP contribution in [0, 0.1) is 0 Å². The van der Waals surface area contributed by atoms with E-state index in [9.17, 15) is 70.2 Å². The summed E-state index contributed by atoms with van der Waals surface area (Å²) in [5.41, 5.74) is 0. The van der Waals surface area contributed by atoms with Gasteiger partial charge in [0.05, 0.1) is 6.42 Å². The van der Waals surface area contributed by atoms with Crippen LogP contribution in [0.5, 0.6) is 0 Å². The number of alkyl halides is 16. The maximum Gasteiger partial charge on any atom is 0.460 e. The molecule has 0 aliphatic carbocycles. The van der Waals surface area contributed by atoms with Crippen molar-refractivity contribution in [3.05, 3.63) is 0 Å². The molecule has 0 saturated carbocycles. The van der Waals surface area contributed by atoms with Crippen LogP contribution in [-0.2, 0) is 8.85 Å². The van der Waals surface area contributed by atoms with Gasteiger partial charge in [0.2, 0.25) is 0 Å². The molecule has 0 saturated heterocycles. The van der Waals surface area contributed by atoms with Crippen LogP contribution in [-0.4, -0.2) is 70.3 Å². The van der Waals surface area contributed by atoms with Gasteiger partial charge in [-0.3, -0.25) is 0 Å². The summed E-state index contributed by atoms with van der Waals surface area (Å²) >= 11 is 0. The molecule has 0 aromatic rings. The normalized spacial score (nSPS) is 17.1. The van der Waals surface area contributed by atoms with Crippen LogP contribution >= 0.6 is 0 Å². The van der Waals surface area contributed by atoms with Crippen LogP contribution in [0.3, 0.4) is 0 Å². The molecule has 0 N–H and O–H groups in total. The second-order valence-corrected chi connectivity index (χ2v) is 9.64. The fraction of sp³-hybridized carbons (Fsp3) is 1.00. The van der Waals surface area contributed by atoms with Gasteiger partial charge in [0.25, 0.3) is 0 Å². The molecule has 31 heavy (non-hydrogen) atoms. The van der Waals surface area contributed by atoms with Gasteiger partial charge < -0.3 is 8.85 Å². The Morgan fingerprint density at radius 3 is 1.16 bits per heavy atom.